The summed E-state index contributed by atoms with van der Waals surface area (Å²) in [6, 6.07) is 20.9. The number of rotatable bonds is 4. The van der Waals surface area contributed by atoms with Gasteiger partial charge in [0.2, 0.25) is 0 Å². The molecule has 0 saturated carbocycles. The number of aromatic nitrogens is 2. The van der Waals surface area contributed by atoms with E-state index in [2.05, 4.69) is 15.3 Å². The van der Waals surface area contributed by atoms with Crippen LogP contribution in [0.1, 0.15) is 28.9 Å². The molecule has 1 amide bonds. The predicted molar refractivity (Wildman–Crippen MR) is 107 cm³/mol. The molecule has 4 nitrogen and oxygen atoms in total. The molecule has 0 spiro atoms. The van der Waals surface area contributed by atoms with Crippen molar-refractivity contribution in [1.29, 1.82) is 0 Å². The molecule has 1 atom stereocenters. The van der Waals surface area contributed by atoms with Crippen LogP contribution in [0.25, 0.3) is 22.3 Å². The van der Waals surface area contributed by atoms with E-state index < -0.39 is 0 Å². The van der Waals surface area contributed by atoms with E-state index in [4.69, 9.17) is 0 Å². The van der Waals surface area contributed by atoms with Gasteiger partial charge in [0.1, 0.15) is 5.82 Å². The molecule has 4 aromatic rings. The molecule has 0 radical (unpaired) electrons. The molecular formula is C23H18FN3O. The van der Waals surface area contributed by atoms with Crippen molar-refractivity contribution in [2.75, 3.05) is 0 Å². The van der Waals surface area contributed by atoms with Gasteiger partial charge in [-0.15, -0.1) is 0 Å². The minimum atomic E-state index is -0.344. The molecule has 0 aliphatic carbocycles. The second-order valence-electron chi connectivity index (χ2n) is 6.55. The molecule has 5 heteroatoms. The number of pyridine rings is 2. The van der Waals surface area contributed by atoms with Crippen LogP contribution in [0.2, 0.25) is 0 Å². The van der Waals surface area contributed by atoms with Crippen LogP contribution in [-0.2, 0) is 0 Å². The highest BCUT2D eigenvalue weighted by atomic mass is 19.1. The lowest BCUT2D eigenvalue weighted by atomic mass is 10.0. The first-order chi connectivity index (χ1) is 13.6. The maximum absolute atomic E-state index is 13.5. The van der Waals surface area contributed by atoms with Gasteiger partial charge in [-0.05, 0) is 42.8 Å². The summed E-state index contributed by atoms with van der Waals surface area (Å²) in [5, 5.41) is 3.62. The largest absolute Gasteiger partial charge is 0.345 e. The van der Waals surface area contributed by atoms with Crippen molar-refractivity contribution in [1.82, 2.24) is 15.3 Å². The number of carbonyl (C=O) groups is 1. The summed E-state index contributed by atoms with van der Waals surface area (Å²) in [5.74, 6) is -0.585. The van der Waals surface area contributed by atoms with Crippen LogP contribution in [0, 0.1) is 5.82 Å². The number of benzene rings is 2. The van der Waals surface area contributed by atoms with Gasteiger partial charge in [-0.2, -0.15) is 0 Å². The summed E-state index contributed by atoms with van der Waals surface area (Å²) in [6.07, 6.45) is 1.65. The quantitative estimate of drug-likeness (QED) is 0.554. The van der Waals surface area contributed by atoms with E-state index in [0.717, 1.165) is 5.56 Å². The van der Waals surface area contributed by atoms with E-state index in [9.17, 15) is 9.18 Å². The second kappa shape index (κ2) is 7.56. The summed E-state index contributed by atoms with van der Waals surface area (Å²) < 4.78 is 13.5. The van der Waals surface area contributed by atoms with Crippen molar-refractivity contribution in [3.05, 3.63) is 95.9 Å². The first-order valence-corrected chi connectivity index (χ1v) is 8.99. The van der Waals surface area contributed by atoms with Crippen molar-refractivity contribution < 1.29 is 9.18 Å². The topological polar surface area (TPSA) is 54.9 Å². The Balaban J connectivity index is 1.73. The highest BCUT2D eigenvalue weighted by molar-refractivity contribution is 6.06. The monoisotopic (exact) mass is 371 g/mol. The molecule has 0 bridgehead atoms. The number of carbonyl (C=O) groups excluding carboxylic acids is 1. The van der Waals surface area contributed by atoms with Gasteiger partial charge in [0.05, 0.1) is 17.3 Å². The Kier molecular flexibility index (Phi) is 4.81. The second-order valence-corrected chi connectivity index (χ2v) is 6.55. The first kappa shape index (κ1) is 17.8. The van der Waals surface area contributed by atoms with Gasteiger partial charge in [-0.3, -0.25) is 4.79 Å². The number of fused-ring (bicyclic) bond motifs is 1. The molecular weight excluding hydrogens is 353 g/mol. The molecule has 2 aromatic carbocycles. The zero-order valence-corrected chi connectivity index (χ0v) is 15.3. The average Bonchev–Trinajstić information content (AvgIpc) is 2.73. The highest BCUT2D eigenvalue weighted by Gasteiger charge is 2.17. The van der Waals surface area contributed by atoms with E-state index in [1.807, 2.05) is 43.3 Å². The fraction of sp³-hybridized carbons (Fsp3) is 0.0870. The Morgan fingerprint density at radius 3 is 2.61 bits per heavy atom. The van der Waals surface area contributed by atoms with Crippen molar-refractivity contribution in [2.24, 2.45) is 0 Å². The van der Waals surface area contributed by atoms with Crippen LogP contribution in [0.15, 0.2) is 79.0 Å². The smallest absolute Gasteiger partial charge is 0.252 e. The Bertz CT molecular complexity index is 1140. The Labute approximate surface area is 162 Å². The minimum absolute atomic E-state index is 0.255. The molecule has 1 unspecified atom stereocenters. The van der Waals surface area contributed by atoms with E-state index in [1.165, 1.54) is 12.1 Å². The van der Waals surface area contributed by atoms with Crippen molar-refractivity contribution in [3.8, 4) is 11.3 Å². The van der Waals surface area contributed by atoms with E-state index >= 15 is 0 Å². The average molecular weight is 371 g/mol. The van der Waals surface area contributed by atoms with E-state index in [-0.39, 0.29) is 17.8 Å². The van der Waals surface area contributed by atoms with Crippen molar-refractivity contribution >= 4 is 16.9 Å². The molecule has 1 N–H and O–H groups in total. The zero-order valence-electron chi connectivity index (χ0n) is 15.3. The Hall–Kier alpha value is -3.60. The third-order valence-corrected chi connectivity index (χ3v) is 4.59. The first-order valence-electron chi connectivity index (χ1n) is 8.99. The SMILES string of the molecule is CC(NC(=O)c1cc(-c2ccccc2)nc2ncccc12)c1cccc(F)c1. The van der Waals surface area contributed by atoms with Crippen LogP contribution in [0.5, 0.6) is 0 Å². The lowest BCUT2D eigenvalue weighted by Crippen LogP contribution is -2.27. The Morgan fingerprint density at radius 1 is 1.00 bits per heavy atom. The minimum Gasteiger partial charge on any atom is -0.345 e. The van der Waals surface area contributed by atoms with Crippen LogP contribution in [0.4, 0.5) is 4.39 Å². The lowest BCUT2D eigenvalue weighted by molar-refractivity contribution is 0.0941. The van der Waals surface area contributed by atoms with Gasteiger partial charge in [-0.25, -0.2) is 14.4 Å². The van der Waals surface area contributed by atoms with Crippen LogP contribution < -0.4 is 5.32 Å². The zero-order chi connectivity index (χ0) is 19.5. The van der Waals surface area contributed by atoms with Crippen LogP contribution in [-0.4, -0.2) is 15.9 Å². The third-order valence-electron chi connectivity index (χ3n) is 4.59. The summed E-state index contributed by atoms with van der Waals surface area (Å²) in [6.45, 7) is 1.83. The number of nitrogens with zero attached hydrogens (tertiary/aromatic N) is 2. The van der Waals surface area contributed by atoms with Gasteiger partial charge >= 0.3 is 0 Å². The fourth-order valence-electron chi connectivity index (χ4n) is 3.14. The summed E-state index contributed by atoms with van der Waals surface area (Å²) in [7, 11) is 0. The van der Waals surface area contributed by atoms with Gasteiger partial charge < -0.3 is 5.32 Å². The summed E-state index contributed by atoms with van der Waals surface area (Å²) in [4.78, 5) is 22.0. The van der Waals surface area contributed by atoms with Gasteiger partial charge in [0.25, 0.3) is 5.91 Å². The molecule has 0 aliphatic heterocycles. The number of nitrogens with one attached hydrogen (secondary N) is 1. The third kappa shape index (κ3) is 3.60. The van der Waals surface area contributed by atoms with Crippen molar-refractivity contribution in [3.63, 3.8) is 0 Å². The molecule has 4 rings (SSSR count). The molecule has 28 heavy (non-hydrogen) atoms. The van der Waals surface area contributed by atoms with Crippen molar-refractivity contribution in [2.45, 2.75) is 13.0 Å². The molecule has 0 aliphatic rings. The molecule has 138 valence electrons. The highest BCUT2D eigenvalue weighted by Crippen LogP contribution is 2.24. The van der Waals surface area contributed by atoms with Crippen LogP contribution in [0.3, 0.4) is 0 Å². The molecule has 2 heterocycles. The maximum atomic E-state index is 13.5. The number of hydrogen-bond acceptors (Lipinski definition) is 3. The van der Waals surface area contributed by atoms with Crippen LogP contribution >= 0.6 is 0 Å². The number of amides is 1. The van der Waals surface area contributed by atoms with Gasteiger partial charge in [-0.1, -0.05) is 42.5 Å². The van der Waals surface area contributed by atoms with E-state index in [0.29, 0.717) is 27.9 Å². The Morgan fingerprint density at radius 2 is 1.82 bits per heavy atom. The molecule has 2 aromatic heterocycles. The fourth-order valence-corrected chi connectivity index (χ4v) is 3.14. The number of hydrogen-bond donors (Lipinski definition) is 1. The predicted octanol–water partition coefficient (Wildman–Crippen LogP) is 4.93. The normalized spacial score (nSPS) is 11.9. The number of halogens is 1. The molecule has 0 fully saturated rings. The van der Waals surface area contributed by atoms with Gasteiger partial charge in [0, 0.05) is 17.1 Å². The summed E-state index contributed by atoms with van der Waals surface area (Å²) in [5.41, 5.74) is 3.28. The maximum Gasteiger partial charge on any atom is 0.252 e. The summed E-state index contributed by atoms with van der Waals surface area (Å²) >= 11 is 0. The van der Waals surface area contributed by atoms with Gasteiger partial charge in [0.15, 0.2) is 5.65 Å². The lowest BCUT2D eigenvalue weighted by Gasteiger charge is -2.16. The molecule has 0 saturated heterocycles. The standard InChI is InChI=1S/C23H18FN3O/c1-15(17-9-5-10-18(24)13-17)26-23(28)20-14-21(16-7-3-2-4-8-16)27-22-19(20)11-6-12-25-22/h2-15H,1H3,(H,26,28). The van der Waals surface area contributed by atoms with E-state index in [1.54, 1.807) is 30.5 Å².